The minimum absolute atomic E-state index is 0.0526. The van der Waals surface area contributed by atoms with Gasteiger partial charge in [0.1, 0.15) is 11.7 Å². The number of hydrogen-bond donors (Lipinski definition) is 6. The summed E-state index contributed by atoms with van der Waals surface area (Å²) in [4.78, 5) is 55.2. The van der Waals surface area contributed by atoms with Gasteiger partial charge in [0.25, 0.3) is 11.8 Å². The van der Waals surface area contributed by atoms with Crippen LogP contribution in [0.4, 0.5) is 0 Å². The number of aromatic nitrogens is 1. The molecule has 42 heavy (non-hydrogen) atoms. The monoisotopic (exact) mass is 576 g/mol. The van der Waals surface area contributed by atoms with E-state index in [1.807, 2.05) is 42.5 Å². The zero-order valence-electron chi connectivity index (χ0n) is 23.1. The van der Waals surface area contributed by atoms with Gasteiger partial charge in [-0.1, -0.05) is 54.6 Å². The van der Waals surface area contributed by atoms with Gasteiger partial charge in [-0.05, 0) is 37.0 Å². The molecule has 1 fully saturated rings. The van der Waals surface area contributed by atoms with Crippen molar-refractivity contribution in [3.8, 4) is 0 Å². The third kappa shape index (κ3) is 8.32. The highest BCUT2D eigenvalue weighted by atomic mass is 16.5. The van der Waals surface area contributed by atoms with E-state index in [0.717, 1.165) is 23.8 Å². The van der Waals surface area contributed by atoms with E-state index in [4.69, 9.17) is 5.73 Å². The largest absolute Gasteiger partial charge is 0.634 e. The molecule has 2 heterocycles. The van der Waals surface area contributed by atoms with Crippen LogP contribution >= 0.6 is 0 Å². The average Bonchev–Trinajstić information content (AvgIpc) is 2.99. The number of carbonyl (C=O) groups is 4. The van der Waals surface area contributed by atoms with Gasteiger partial charge < -0.3 is 37.1 Å². The number of benzene rings is 2. The second-order valence-corrected chi connectivity index (χ2v) is 10.5. The molecule has 4 amide bonds. The molecule has 4 rings (SSSR count). The van der Waals surface area contributed by atoms with E-state index in [9.17, 15) is 29.5 Å². The van der Waals surface area contributed by atoms with Crippen molar-refractivity contribution >= 4 is 34.5 Å². The summed E-state index contributed by atoms with van der Waals surface area (Å²) < 4.78 is 0. The number of quaternary nitrogens is 1. The summed E-state index contributed by atoms with van der Waals surface area (Å²) in [7, 11) is 0. The summed E-state index contributed by atoms with van der Waals surface area (Å²) >= 11 is 0. The van der Waals surface area contributed by atoms with Gasteiger partial charge in [-0.15, -0.1) is 0 Å². The first-order valence-corrected chi connectivity index (χ1v) is 14.0. The molecule has 1 aliphatic rings. The number of nitrogens with two attached hydrogens (primary N) is 1. The van der Waals surface area contributed by atoms with Crippen LogP contribution in [0.5, 0.6) is 0 Å². The second-order valence-electron chi connectivity index (χ2n) is 10.5. The number of piperidine rings is 1. The lowest BCUT2D eigenvalue weighted by Gasteiger charge is -2.34. The zero-order chi connectivity index (χ0) is 30.1. The fraction of sp³-hybridized carbons (Fsp3) is 0.367. The number of aliphatic hydroxyl groups is 1. The summed E-state index contributed by atoms with van der Waals surface area (Å²) in [5.74, 6) is -2.68. The molecule has 0 spiro atoms. The van der Waals surface area contributed by atoms with Crippen LogP contribution in [0.3, 0.4) is 0 Å². The number of hydroxylamine groups is 2. The molecule has 0 radical (unpaired) electrons. The zero-order valence-corrected chi connectivity index (χ0v) is 23.1. The first-order valence-electron chi connectivity index (χ1n) is 14.0. The highest BCUT2D eigenvalue weighted by molar-refractivity contribution is 5.99. The molecule has 0 bridgehead atoms. The smallest absolute Gasteiger partial charge is 0.278 e. The Balaban J connectivity index is 1.46. The predicted molar refractivity (Wildman–Crippen MR) is 155 cm³/mol. The van der Waals surface area contributed by atoms with Gasteiger partial charge in [-0.3, -0.25) is 19.2 Å². The highest BCUT2D eigenvalue weighted by Crippen LogP contribution is 2.13. The maximum Gasteiger partial charge on any atom is 0.278 e. The number of nitrogens with zero attached hydrogens (tertiary/aromatic N) is 1. The molecule has 7 N–H and O–H groups in total. The van der Waals surface area contributed by atoms with Crippen LogP contribution < -0.4 is 26.7 Å². The Kier molecular flexibility index (Phi) is 10.5. The molecule has 0 aliphatic carbocycles. The van der Waals surface area contributed by atoms with Gasteiger partial charge in [0, 0.05) is 18.4 Å². The van der Waals surface area contributed by atoms with Crippen molar-refractivity contribution in [3.05, 3.63) is 83.2 Å². The van der Waals surface area contributed by atoms with Crippen molar-refractivity contribution in [2.75, 3.05) is 13.1 Å². The number of carbonyl (C=O) groups excluding carboxylic acids is 4. The Morgan fingerprint density at radius 1 is 1.00 bits per heavy atom. The molecule has 2 unspecified atom stereocenters. The van der Waals surface area contributed by atoms with Crippen LogP contribution in [-0.2, 0) is 20.8 Å². The minimum Gasteiger partial charge on any atom is -0.634 e. The number of nitrogens with one attached hydrogen (secondary N) is 4. The second kappa shape index (κ2) is 14.5. The number of fused-ring (bicyclic) bond motifs is 1. The van der Waals surface area contributed by atoms with Crippen molar-refractivity contribution in [1.29, 1.82) is 0 Å². The van der Waals surface area contributed by atoms with E-state index in [0.29, 0.717) is 18.5 Å². The Labute approximate surface area is 243 Å². The third-order valence-corrected chi connectivity index (χ3v) is 7.31. The Bertz CT molecular complexity index is 1400. The van der Waals surface area contributed by atoms with Gasteiger partial charge in [0.2, 0.25) is 11.8 Å². The van der Waals surface area contributed by atoms with Crippen LogP contribution in [0.15, 0.2) is 66.7 Å². The van der Waals surface area contributed by atoms with E-state index in [2.05, 4.69) is 20.9 Å². The van der Waals surface area contributed by atoms with E-state index >= 15 is 0 Å². The van der Waals surface area contributed by atoms with Gasteiger partial charge >= 0.3 is 0 Å². The molecule has 222 valence electrons. The number of hydrogen-bond acceptors (Lipinski definition) is 7. The normalized spacial score (nSPS) is 18.8. The van der Waals surface area contributed by atoms with Crippen molar-refractivity contribution in [2.24, 2.45) is 5.73 Å². The van der Waals surface area contributed by atoms with Gasteiger partial charge in [0.15, 0.2) is 6.04 Å². The molecule has 1 aromatic heterocycles. The Morgan fingerprint density at radius 2 is 1.74 bits per heavy atom. The number of amides is 4. The topological polar surface area (TPSA) is 191 Å². The van der Waals surface area contributed by atoms with Crippen LogP contribution in [0.1, 0.15) is 41.7 Å². The molecule has 1 saturated heterocycles. The van der Waals surface area contributed by atoms with Gasteiger partial charge in [0.05, 0.1) is 30.6 Å². The molecule has 12 heteroatoms. The number of rotatable bonds is 12. The van der Waals surface area contributed by atoms with Crippen LogP contribution in [-0.4, -0.2) is 71.0 Å². The lowest BCUT2D eigenvalue weighted by Crippen LogP contribution is -3.13. The predicted octanol–water partition coefficient (Wildman–Crippen LogP) is -0.652. The standard InChI is InChI=1S/C30H36N6O6/c31-27(38)17-24(35-28(39)22-14-13-20-10-4-5-11-21(20)33-22)29(40)34-23(16-19-8-2-1-3-9-19)26(37)18-32-30(41)25-12-6-7-15-36(25)42/h1-5,8-11,13-14,23-26,36-37H,6-7,12,15-18H2,(H2,31,38)(H,32,41)(H,34,40)(H,35,39)/t23-,24-,25?,26+/m0/s1. The SMILES string of the molecule is NC(=O)C[C@H](NC(=O)c1ccc2ccccc2n1)C(=O)N[C@@H](Cc1ccccc1)[C@H](O)CNC(=O)C1CCCC[NH+]1[O-]. The lowest BCUT2D eigenvalue weighted by molar-refractivity contribution is -0.871. The van der Waals surface area contributed by atoms with Crippen molar-refractivity contribution in [1.82, 2.24) is 20.9 Å². The van der Waals surface area contributed by atoms with E-state index < -0.39 is 54.3 Å². The highest BCUT2D eigenvalue weighted by Gasteiger charge is 2.31. The Hall–Kier alpha value is -4.39. The fourth-order valence-electron chi connectivity index (χ4n) is 5.00. The molecule has 0 saturated carbocycles. The molecule has 5 atom stereocenters. The van der Waals surface area contributed by atoms with Gasteiger partial charge in [-0.2, -0.15) is 0 Å². The van der Waals surface area contributed by atoms with Crippen molar-refractivity contribution in [3.63, 3.8) is 0 Å². The van der Waals surface area contributed by atoms with Crippen molar-refractivity contribution in [2.45, 2.75) is 56.3 Å². The molecule has 3 aromatic rings. The number of primary amides is 1. The van der Waals surface area contributed by atoms with Crippen molar-refractivity contribution < 1.29 is 29.3 Å². The summed E-state index contributed by atoms with van der Waals surface area (Å²) in [5, 5.41) is 31.8. The Morgan fingerprint density at radius 3 is 2.48 bits per heavy atom. The van der Waals surface area contributed by atoms with Gasteiger partial charge in [-0.25, -0.2) is 4.98 Å². The summed E-state index contributed by atoms with van der Waals surface area (Å²) in [6, 6.07) is 16.6. The fourth-order valence-corrected chi connectivity index (χ4v) is 5.00. The molecule has 1 aliphatic heterocycles. The summed E-state index contributed by atoms with van der Waals surface area (Å²) in [6.45, 7) is 0.142. The van der Waals surface area contributed by atoms with Crippen LogP contribution in [0.2, 0.25) is 0 Å². The quantitative estimate of drug-likeness (QED) is 0.154. The average molecular weight is 577 g/mol. The van der Waals surface area contributed by atoms with E-state index in [1.165, 1.54) is 6.07 Å². The maximum atomic E-state index is 13.4. The molecule has 12 nitrogen and oxygen atoms in total. The first-order chi connectivity index (χ1) is 20.2. The summed E-state index contributed by atoms with van der Waals surface area (Å²) in [5.41, 5.74) is 6.82. The molecular formula is C30H36N6O6. The van der Waals surface area contributed by atoms with Crippen LogP contribution in [0.25, 0.3) is 10.9 Å². The maximum absolute atomic E-state index is 13.4. The van der Waals surface area contributed by atoms with E-state index in [-0.39, 0.29) is 23.7 Å². The minimum atomic E-state index is -1.34. The lowest BCUT2D eigenvalue weighted by atomic mass is 9.99. The molecular weight excluding hydrogens is 540 g/mol. The van der Waals surface area contributed by atoms with Crippen LogP contribution in [0, 0.1) is 5.21 Å². The summed E-state index contributed by atoms with van der Waals surface area (Å²) in [6.07, 6.45) is 0.460. The first kappa shape index (κ1) is 30.6. The number of pyridine rings is 1. The molecule has 2 aromatic carbocycles. The van der Waals surface area contributed by atoms with E-state index in [1.54, 1.807) is 18.2 Å². The third-order valence-electron chi connectivity index (χ3n) is 7.31. The number of aliphatic hydroxyl groups excluding tert-OH is 1. The number of para-hydroxylation sites is 1.